The first-order chi connectivity index (χ1) is 13.1. The van der Waals surface area contributed by atoms with Crippen molar-refractivity contribution < 1.29 is 9.53 Å². The molecule has 2 aromatic carbocycles. The first kappa shape index (κ1) is 17.4. The van der Waals surface area contributed by atoms with Crippen LogP contribution in [-0.4, -0.2) is 31.0 Å². The molecule has 0 bridgehead atoms. The van der Waals surface area contributed by atoms with Gasteiger partial charge >= 0.3 is 0 Å². The standard InChI is InChI=1S/C19H16BrN5O2/c1-11-19(12(2)26)14-8-17(27-10-18-21-23-24-22-18)15(20)9-16(14)25(11)13-6-4-3-5-7-13/h3-9H,10H2,1-2H3,(H,21,22,23,24). The zero-order valence-electron chi connectivity index (χ0n) is 14.7. The van der Waals surface area contributed by atoms with Crippen LogP contribution in [-0.2, 0) is 6.61 Å². The minimum atomic E-state index is 0.0126. The number of tetrazole rings is 1. The van der Waals surface area contributed by atoms with E-state index >= 15 is 0 Å². The third-order valence-electron chi connectivity index (χ3n) is 4.37. The second kappa shape index (κ2) is 6.96. The molecule has 27 heavy (non-hydrogen) atoms. The summed E-state index contributed by atoms with van der Waals surface area (Å²) in [5.41, 5.74) is 3.51. The summed E-state index contributed by atoms with van der Waals surface area (Å²) in [5.74, 6) is 1.07. The first-order valence-corrected chi connectivity index (χ1v) is 9.11. The summed E-state index contributed by atoms with van der Waals surface area (Å²) < 4.78 is 8.69. The second-order valence-electron chi connectivity index (χ2n) is 6.10. The number of carbonyl (C=O) groups is 1. The predicted molar refractivity (Wildman–Crippen MR) is 104 cm³/mol. The quantitative estimate of drug-likeness (QED) is 0.488. The Morgan fingerprint density at radius 3 is 2.70 bits per heavy atom. The van der Waals surface area contributed by atoms with Crippen molar-refractivity contribution in [1.82, 2.24) is 25.2 Å². The number of nitrogens with zero attached hydrogens (tertiary/aromatic N) is 4. The number of benzene rings is 2. The predicted octanol–water partition coefficient (Wildman–Crippen LogP) is 4.00. The van der Waals surface area contributed by atoms with Crippen molar-refractivity contribution in [3.05, 3.63) is 64.0 Å². The van der Waals surface area contributed by atoms with Crippen LogP contribution in [0, 0.1) is 6.92 Å². The van der Waals surface area contributed by atoms with Gasteiger partial charge in [0, 0.05) is 22.3 Å². The molecule has 0 saturated carbocycles. The molecule has 8 heteroatoms. The van der Waals surface area contributed by atoms with Crippen LogP contribution in [0.15, 0.2) is 46.9 Å². The second-order valence-corrected chi connectivity index (χ2v) is 6.96. The minimum Gasteiger partial charge on any atom is -0.484 e. The Morgan fingerprint density at radius 2 is 2.04 bits per heavy atom. The van der Waals surface area contributed by atoms with Crippen LogP contribution >= 0.6 is 15.9 Å². The summed E-state index contributed by atoms with van der Waals surface area (Å²) in [7, 11) is 0. The molecule has 1 N–H and O–H groups in total. The van der Waals surface area contributed by atoms with Crippen molar-refractivity contribution in [2.75, 3.05) is 0 Å². The lowest BCUT2D eigenvalue weighted by atomic mass is 10.1. The maximum atomic E-state index is 12.4. The third kappa shape index (κ3) is 3.12. The smallest absolute Gasteiger partial charge is 0.211 e. The average molecular weight is 426 g/mol. The number of nitrogens with one attached hydrogen (secondary N) is 1. The highest BCUT2D eigenvalue weighted by Gasteiger charge is 2.20. The lowest BCUT2D eigenvalue weighted by molar-refractivity contribution is 0.101. The van der Waals surface area contributed by atoms with E-state index in [1.165, 1.54) is 0 Å². The van der Waals surface area contributed by atoms with Crippen LogP contribution in [0.25, 0.3) is 16.6 Å². The van der Waals surface area contributed by atoms with Gasteiger partial charge < -0.3 is 9.30 Å². The Labute approximate surface area is 163 Å². The Morgan fingerprint density at radius 1 is 1.26 bits per heavy atom. The summed E-state index contributed by atoms with van der Waals surface area (Å²) in [6.45, 7) is 3.71. The molecule has 0 radical (unpaired) electrons. The lowest BCUT2D eigenvalue weighted by Gasteiger charge is -2.10. The summed E-state index contributed by atoms with van der Waals surface area (Å²) >= 11 is 3.57. The highest BCUT2D eigenvalue weighted by Crippen LogP contribution is 2.37. The zero-order chi connectivity index (χ0) is 19.0. The number of hydrogen-bond donors (Lipinski definition) is 1. The van der Waals surface area contributed by atoms with Gasteiger partial charge in [0.1, 0.15) is 5.75 Å². The molecule has 0 aliphatic carbocycles. The zero-order valence-corrected chi connectivity index (χ0v) is 16.3. The van der Waals surface area contributed by atoms with Gasteiger partial charge in [0.2, 0.25) is 5.82 Å². The number of carbonyl (C=O) groups excluding carboxylic acids is 1. The van der Waals surface area contributed by atoms with Crippen molar-refractivity contribution in [2.45, 2.75) is 20.5 Å². The molecule has 0 atom stereocenters. The number of ether oxygens (including phenoxy) is 1. The first-order valence-electron chi connectivity index (χ1n) is 8.32. The molecule has 136 valence electrons. The molecule has 2 heterocycles. The molecular formula is C19H16BrN5O2. The Balaban J connectivity index is 1.87. The van der Waals surface area contributed by atoms with Crippen LogP contribution in [0.4, 0.5) is 0 Å². The van der Waals surface area contributed by atoms with Crippen LogP contribution < -0.4 is 4.74 Å². The Hall–Kier alpha value is -3.00. The molecule has 0 fully saturated rings. The maximum absolute atomic E-state index is 12.4. The van der Waals surface area contributed by atoms with E-state index in [1.54, 1.807) is 6.92 Å². The van der Waals surface area contributed by atoms with Gasteiger partial charge in [0.15, 0.2) is 12.4 Å². The van der Waals surface area contributed by atoms with E-state index in [1.807, 2.05) is 49.4 Å². The van der Waals surface area contributed by atoms with Gasteiger partial charge in [0.05, 0.1) is 9.99 Å². The third-order valence-corrected chi connectivity index (χ3v) is 4.99. The lowest BCUT2D eigenvalue weighted by Crippen LogP contribution is -1.99. The number of H-pyrrole nitrogens is 1. The van der Waals surface area contributed by atoms with E-state index in [-0.39, 0.29) is 12.4 Å². The van der Waals surface area contributed by atoms with Crippen LogP contribution in [0.1, 0.15) is 28.8 Å². The number of fused-ring (bicyclic) bond motifs is 1. The monoisotopic (exact) mass is 425 g/mol. The summed E-state index contributed by atoms with van der Waals surface area (Å²) in [4.78, 5) is 12.4. The highest BCUT2D eigenvalue weighted by molar-refractivity contribution is 9.10. The van der Waals surface area contributed by atoms with Crippen LogP contribution in [0.2, 0.25) is 0 Å². The molecule has 4 rings (SSSR count). The van der Waals surface area contributed by atoms with E-state index in [0.717, 1.165) is 26.8 Å². The molecule has 4 aromatic rings. The average Bonchev–Trinajstić information content (AvgIpc) is 3.25. The fraction of sp³-hybridized carbons (Fsp3) is 0.158. The van der Waals surface area contributed by atoms with Gasteiger partial charge in [-0.05, 0) is 54.0 Å². The van der Waals surface area contributed by atoms with Gasteiger partial charge in [-0.15, -0.1) is 10.2 Å². The van der Waals surface area contributed by atoms with E-state index < -0.39 is 0 Å². The topological polar surface area (TPSA) is 85.7 Å². The number of halogens is 1. The molecule has 0 aliphatic heterocycles. The number of rotatable bonds is 5. The van der Waals surface area contributed by atoms with E-state index in [2.05, 4.69) is 41.1 Å². The number of para-hydroxylation sites is 1. The maximum Gasteiger partial charge on any atom is 0.211 e. The van der Waals surface area contributed by atoms with E-state index in [4.69, 9.17) is 4.74 Å². The van der Waals surface area contributed by atoms with E-state index in [9.17, 15) is 4.79 Å². The fourth-order valence-electron chi connectivity index (χ4n) is 3.27. The highest BCUT2D eigenvalue weighted by atomic mass is 79.9. The molecule has 7 nitrogen and oxygen atoms in total. The van der Waals surface area contributed by atoms with Crippen LogP contribution in [0.3, 0.4) is 0 Å². The van der Waals surface area contributed by atoms with Gasteiger partial charge in [-0.1, -0.05) is 23.4 Å². The molecule has 0 saturated heterocycles. The molecule has 0 spiro atoms. The van der Waals surface area contributed by atoms with Crippen LogP contribution in [0.5, 0.6) is 5.75 Å². The SMILES string of the molecule is CC(=O)c1c(C)n(-c2ccccc2)c2cc(Br)c(OCc3nn[nH]n3)cc12. The van der Waals surface area contributed by atoms with Crippen molar-refractivity contribution in [2.24, 2.45) is 0 Å². The normalized spacial score (nSPS) is 11.1. The number of Topliss-reactive ketones (excluding diaryl/α,β-unsaturated/α-hetero) is 1. The Bertz CT molecular complexity index is 1120. The van der Waals surface area contributed by atoms with Crippen molar-refractivity contribution in [3.8, 4) is 11.4 Å². The Kier molecular flexibility index (Phi) is 4.49. The number of hydrogen-bond acceptors (Lipinski definition) is 5. The minimum absolute atomic E-state index is 0.0126. The van der Waals surface area contributed by atoms with Gasteiger partial charge in [-0.25, -0.2) is 0 Å². The number of aromatic nitrogens is 5. The number of ketones is 1. The molecular weight excluding hydrogens is 410 g/mol. The van der Waals surface area contributed by atoms with Crippen molar-refractivity contribution in [1.29, 1.82) is 0 Å². The van der Waals surface area contributed by atoms with E-state index in [0.29, 0.717) is 17.1 Å². The molecule has 0 amide bonds. The largest absolute Gasteiger partial charge is 0.484 e. The van der Waals surface area contributed by atoms with Gasteiger partial charge in [0.25, 0.3) is 0 Å². The fourth-order valence-corrected chi connectivity index (χ4v) is 3.71. The van der Waals surface area contributed by atoms with Crippen molar-refractivity contribution in [3.63, 3.8) is 0 Å². The van der Waals surface area contributed by atoms with Gasteiger partial charge in [-0.2, -0.15) is 5.21 Å². The van der Waals surface area contributed by atoms with Gasteiger partial charge in [-0.3, -0.25) is 4.79 Å². The number of aromatic amines is 1. The summed E-state index contributed by atoms with van der Waals surface area (Å²) in [6, 6.07) is 13.8. The van der Waals surface area contributed by atoms with Crippen molar-refractivity contribution >= 4 is 32.6 Å². The molecule has 0 aliphatic rings. The summed E-state index contributed by atoms with van der Waals surface area (Å²) in [5, 5.41) is 14.5. The molecule has 2 aromatic heterocycles. The molecule has 0 unspecified atom stereocenters. The summed E-state index contributed by atoms with van der Waals surface area (Å²) in [6.07, 6.45) is 0.